The molecule has 0 N–H and O–H groups in total. The van der Waals surface area contributed by atoms with Gasteiger partial charge in [-0.2, -0.15) is 13.2 Å². The molecule has 1 unspecified atom stereocenters. The van der Waals surface area contributed by atoms with Gasteiger partial charge in [-0.15, -0.1) is 0 Å². The molecule has 0 spiro atoms. The molecule has 132 valence electrons. The van der Waals surface area contributed by atoms with E-state index in [0.29, 0.717) is 10.0 Å². The summed E-state index contributed by atoms with van der Waals surface area (Å²) in [5.41, 5.74) is -2.22. The molecule has 0 amide bonds. The summed E-state index contributed by atoms with van der Waals surface area (Å²) in [5, 5.41) is 0. The smallest absolute Gasteiger partial charge is 0.391 e. The van der Waals surface area contributed by atoms with Crippen molar-refractivity contribution in [2.24, 2.45) is 0 Å². The molecule has 0 aromatic heterocycles. The highest BCUT2D eigenvalue weighted by Gasteiger charge is 2.59. The van der Waals surface area contributed by atoms with E-state index in [2.05, 4.69) is 27.8 Å². The van der Waals surface area contributed by atoms with Gasteiger partial charge in [0.2, 0.25) is 5.60 Å². The van der Waals surface area contributed by atoms with E-state index in [0.717, 1.165) is 0 Å². The van der Waals surface area contributed by atoms with E-state index in [4.69, 9.17) is 4.43 Å². The molecule has 0 fully saturated rings. The average molecular weight is 427 g/mol. The molecule has 1 atom stereocenters. The number of halogens is 4. The van der Waals surface area contributed by atoms with Crippen LogP contribution in [0, 0.1) is 11.8 Å². The third-order valence-electron chi connectivity index (χ3n) is 3.27. The fourth-order valence-electron chi connectivity index (χ4n) is 2.32. The van der Waals surface area contributed by atoms with Crippen molar-refractivity contribution in [2.75, 3.05) is 0 Å². The number of benzene rings is 2. The summed E-state index contributed by atoms with van der Waals surface area (Å²) in [6.07, 6.45) is -4.70. The molecule has 0 aliphatic rings. The molecule has 0 aliphatic carbocycles. The Balaban J connectivity index is 2.73. The second-order valence-corrected chi connectivity index (χ2v) is 11.8. The molecule has 6 heteroatoms. The summed E-state index contributed by atoms with van der Waals surface area (Å²) in [6.45, 7) is 5.15. The van der Waals surface area contributed by atoms with Crippen molar-refractivity contribution in [2.45, 2.75) is 31.4 Å². The molecular formula is C19H18BrF3OSi. The second kappa shape index (κ2) is 7.36. The van der Waals surface area contributed by atoms with Crippen molar-refractivity contribution in [3.8, 4) is 11.8 Å². The zero-order valence-electron chi connectivity index (χ0n) is 14.1. The first-order valence-electron chi connectivity index (χ1n) is 7.65. The highest BCUT2D eigenvalue weighted by molar-refractivity contribution is 9.10. The highest BCUT2D eigenvalue weighted by atomic mass is 79.9. The molecule has 2 aromatic carbocycles. The van der Waals surface area contributed by atoms with Crippen molar-refractivity contribution in [3.05, 3.63) is 70.2 Å². The van der Waals surface area contributed by atoms with Gasteiger partial charge in [-0.25, -0.2) is 0 Å². The lowest BCUT2D eigenvalue weighted by Gasteiger charge is -2.37. The molecule has 0 saturated carbocycles. The summed E-state index contributed by atoms with van der Waals surface area (Å²) in [4.78, 5) is 0. The molecule has 1 nitrogen and oxygen atoms in total. The minimum atomic E-state index is -4.70. The number of hydrogen-bond donors (Lipinski definition) is 0. The van der Waals surface area contributed by atoms with Crippen molar-refractivity contribution < 1.29 is 17.6 Å². The topological polar surface area (TPSA) is 9.23 Å². The summed E-state index contributed by atoms with van der Waals surface area (Å²) in [6, 6.07) is 14.8. The van der Waals surface area contributed by atoms with Crippen LogP contribution in [0.5, 0.6) is 0 Å². The molecule has 0 bridgehead atoms. The fraction of sp³-hybridized carbons (Fsp3) is 0.263. The van der Waals surface area contributed by atoms with Crippen LogP contribution in [-0.2, 0) is 10.0 Å². The number of rotatable bonds is 3. The monoisotopic (exact) mass is 426 g/mol. The Kier molecular flexibility index (Phi) is 5.82. The first-order valence-corrected chi connectivity index (χ1v) is 11.9. The molecule has 2 aromatic rings. The first kappa shape index (κ1) is 19.8. The Labute approximate surface area is 155 Å². The Morgan fingerprint density at radius 2 is 1.48 bits per heavy atom. The van der Waals surface area contributed by atoms with E-state index in [-0.39, 0.29) is 5.56 Å². The van der Waals surface area contributed by atoms with Crippen molar-refractivity contribution in [3.63, 3.8) is 0 Å². The molecule has 0 saturated heterocycles. The number of alkyl halides is 3. The van der Waals surface area contributed by atoms with Crippen LogP contribution in [0.25, 0.3) is 0 Å². The molecule has 0 radical (unpaired) electrons. The largest absolute Gasteiger partial charge is 0.432 e. The van der Waals surface area contributed by atoms with Crippen molar-refractivity contribution in [1.82, 2.24) is 0 Å². The summed E-state index contributed by atoms with van der Waals surface area (Å²) < 4.78 is 48.7. The standard InChI is InChI=1S/C19H18BrF3OSi/c1-25(2,3)24-18(19(21,22)23,16-11-7-8-12-17(16)20)14-13-15-9-5-4-6-10-15/h4-12H,1-3H3. The van der Waals surface area contributed by atoms with E-state index in [1.54, 1.807) is 68.2 Å². The highest BCUT2D eigenvalue weighted by Crippen LogP contribution is 2.46. The van der Waals surface area contributed by atoms with Crippen LogP contribution in [0.3, 0.4) is 0 Å². The molecule has 0 heterocycles. The summed E-state index contributed by atoms with van der Waals surface area (Å²) in [7, 11) is -2.59. The van der Waals surface area contributed by atoms with Crippen LogP contribution in [0.15, 0.2) is 59.1 Å². The summed E-state index contributed by atoms with van der Waals surface area (Å²) in [5.74, 6) is 5.06. The normalized spacial score (nSPS) is 14.4. The van der Waals surface area contributed by atoms with Gasteiger partial charge in [-0.1, -0.05) is 58.2 Å². The Bertz CT molecular complexity index is 788. The fourth-order valence-corrected chi connectivity index (χ4v) is 4.08. The molecule has 2 rings (SSSR count). The van der Waals surface area contributed by atoms with E-state index in [9.17, 15) is 13.2 Å². The van der Waals surface area contributed by atoms with Crippen LogP contribution >= 0.6 is 15.9 Å². The van der Waals surface area contributed by atoms with Crippen molar-refractivity contribution in [1.29, 1.82) is 0 Å². The van der Waals surface area contributed by atoms with Crippen LogP contribution in [0.2, 0.25) is 19.6 Å². The Morgan fingerprint density at radius 1 is 0.920 bits per heavy atom. The molecule has 25 heavy (non-hydrogen) atoms. The number of hydrogen-bond acceptors (Lipinski definition) is 1. The van der Waals surface area contributed by atoms with Crippen LogP contribution in [0.1, 0.15) is 11.1 Å². The maximum absolute atomic E-state index is 14.2. The maximum atomic E-state index is 14.2. The Morgan fingerprint density at radius 3 is 2.00 bits per heavy atom. The van der Waals surface area contributed by atoms with Gasteiger partial charge >= 0.3 is 6.18 Å². The van der Waals surface area contributed by atoms with Gasteiger partial charge in [-0.3, -0.25) is 0 Å². The Hall–Kier alpha value is -1.55. The SMILES string of the molecule is C[Si](C)(C)OC(C#Cc1ccccc1)(c1ccccc1Br)C(F)(F)F. The van der Waals surface area contributed by atoms with Gasteiger partial charge in [0.1, 0.15) is 0 Å². The lowest BCUT2D eigenvalue weighted by molar-refractivity contribution is -0.233. The van der Waals surface area contributed by atoms with Gasteiger partial charge in [0.15, 0.2) is 8.32 Å². The van der Waals surface area contributed by atoms with E-state index >= 15 is 0 Å². The minimum absolute atomic E-state index is 0.0339. The lowest BCUT2D eigenvalue weighted by atomic mass is 9.93. The minimum Gasteiger partial charge on any atom is -0.391 e. The quantitative estimate of drug-likeness (QED) is 0.424. The zero-order valence-corrected chi connectivity index (χ0v) is 16.7. The lowest BCUT2D eigenvalue weighted by Crippen LogP contribution is -2.50. The van der Waals surface area contributed by atoms with E-state index < -0.39 is 20.1 Å². The third kappa shape index (κ3) is 4.75. The van der Waals surface area contributed by atoms with Crippen LogP contribution in [-0.4, -0.2) is 14.5 Å². The average Bonchev–Trinajstić information content (AvgIpc) is 2.51. The van der Waals surface area contributed by atoms with Crippen LogP contribution < -0.4 is 0 Å². The van der Waals surface area contributed by atoms with Gasteiger partial charge in [0, 0.05) is 15.6 Å². The maximum Gasteiger partial charge on any atom is 0.432 e. The van der Waals surface area contributed by atoms with E-state index in [1.807, 2.05) is 0 Å². The summed E-state index contributed by atoms with van der Waals surface area (Å²) >= 11 is 3.23. The van der Waals surface area contributed by atoms with Crippen molar-refractivity contribution >= 4 is 24.2 Å². The molecule has 0 aliphatic heterocycles. The van der Waals surface area contributed by atoms with Crippen LogP contribution in [0.4, 0.5) is 13.2 Å². The predicted molar refractivity (Wildman–Crippen MR) is 99.6 cm³/mol. The first-order chi connectivity index (χ1) is 11.6. The van der Waals surface area contributed by atoms with Gasteiger partial charge < -0.3 is 4.43 Å². The molecular weight excluding hydrogens is 409 g/mol. The third-order valence-corrected chi connectivity index (χ3v) is 4.88. The van der Waals surface area contributed by atoms with E-state index in [1.165, 1.54) is 6.07 Å². The predicted octanol–water partition coefficient (Wildman–Crippen LogP) is 6.11. The van der Waals surface area contributed by atoms with Gasteiger partial charge in [0.05, 0.1) is 0 Å². The second-order valence-electron chi connectivity index (χ2n) is 6.49. The van der Waals surface area contributed by atoms with Gasteiger partial charge in [0.25, 0.3) is 0 Å². The van der Waals surface area contributed by atoms with Gasteiger partial charge in [-0.05, 0) is 43.8 Å². The zero-order chi connectivity index (χ0) is 18.7.